The monoisotopic (exact) mass is 302 g/mol. The van der Waals surface area contributed by atoms with Crippen molar-refractivity contribution < 1.29 is 13.2 Å². The zero-order valence-electron chi connectivity index (χ0n) is 11.0. The zero-order valence-corrected chi connectivity index (χ0v) is 11.9. The Bertz CT molecular complexity index is 488. The quantitative estimate of drug-likeness (QED) is 0.861. The van der Waals surface area contributed by atoms with E-state index in [1.807, 2.05) is 0 Å². The van der Waals surface area contributed by atoms with Gasteiger partial charge in [-0.25, -0.2) is 0 Å². The van der Waals surface area contributed by atoms with Crippen molar-refractivity contribution in [3.05, 3.63) is 29.6 Å². The van der Waals surface area contributed by atoms with E-state index < -0.39 is 11.7 Å². The van der Waals surface area contributed by atoms with Crippen molar-refractivity contribution in [2.45, 2.75) is 24.4 Å². The molecule has 2 nitrogen and oxygen atoms in total. The second-order valence-electron chi connectivity index (χ2n) is 5.80. The van der Waals surface area contributed by atoms with Gasteiger partial charge in [0, 0.05) is 30.4 Å². The van der Waals surface area contributed by atoms with Crippen LogP contribution in [0.4, 0.5) is 13.2 Å². The molecule has 0 N–H and O–H groups in total. The molecule has 20 heavy (non-hydrogen) atoms. The molecule has 1 aromatic heterocycles. The van der Waals surface area contributed by atoms with E-state index in [-0.39, 0.29) is 5.41 Å². The third kappa shape index (κ3) is 2.44. The molecule has 1 aromatic rings. The molecular formula is C14H17F3N2S. The highest BCUT2D eigenvalue weighted by Crippen LogP contribution is 2.58. The number of halogens is 3. The molecule has 0 unspecified atom stereocenters. The van der Waals surface area contributed by atoms with E-state index in [1.54, 1.807) is 6.07 Å². The highest BCUT2D eigenvalue weighted by Gasteiger charge is 2.61. The summed E-state index contributed by atoms with van der Waals surface area (Å²) >= 11 is 4.21. The number of aromatic nitrogens is 1. The number of piperidine rings is 1. The highest BCUT2D eigenvalue weighted by molar-refractivity contribution is 7.80. The minimum atomic E-state index is -4.31. The fraction of sp³-hybridized carbons (Fsp3) is 0.643. The molecule has 0 amide bonds. The number of pyridine rings is 1. The van der Waals surface area contributed by atoms with Crippen molar-refractivity contribution in [3.8, 4) is 0 Å². The lowest BCUT2D eigenvalue weighted by Gasteiger charge is -2.20. The van der Waals surface area contributed by atoms with Crippen LogP contribution < -0.4 is 0 Å². The maximum atomic E-state index is 12.5. The van der Waals surface area contributed by atoms with Crippen molar-refractivity contribution in [1.82, 2.24) is 9.88 Å². The first-order valence-electron chi connectivity index (χ1n) is 6.83. The predicted molar refractivity (Wildman–Crippen MR) is 73.9 cm³/mol. The van der Waals surface area contributed by atoms with Crippen LogP contribution in [0.1, 0.15) is 24.1 Å². The van der Waals surface area contributed by atoms with Crippen LogP contribution >= 0.6 is 12.6 Å². The van der Waals surface area contributed by atoms with E-state index in [0.29, 0.717) is 5.92 Å². The van der Waals surface area contributed by atoms with Gasteiger partial charge in [-0.15, -0.1) is 0 Å². The maximum Gasteiger partial charge on any atom is 0.417 e. The topological polar surface area (TPSA) is 16.1 Å². The van der Waals surface area contributed by atoms with Crippen molar-refractivity contribution >= 4 is 12.6 Å². The molecular weight excluding hydrogens is 285 g/mol. The van der Waals surface area contributed by atoms with Crippen LogP contribution in [0.5, 0.6) is 0 Å². The molecule has 1 aliphatic carbocycles. The summed E-state index contributed by atoms with van der Waals surface area (Å²) in [5, 5.41) is 0. The van der Waals surface area contributed by atoms with Gasteiger partial charge in [0.2, 0.25) is 0 Å². The lowest BCUT2D eigenvalue weighted by Crippen LogP contribution is -2.28. The van der Waals surface area contributed by atoms with Gasteiger partial charge in [-0.3, -0.25) is 4.98 Å². The molecule has 3 rings (SSSR count). The number of rotatable bonds is 4. The molecule has 1 saturated carbocycles. The van der Waals surface area contributed by atoms with Crippen molar-refractivity contribution in [3.63, 3.8) is 0 Å². The Labute approximate surface area is 121 Å². The normalized spacial score (nSPS) is 29.5. The Balaban J connectivity index is 1.71. The average molecular weight is 302 g/mol. The third-order valence-corrected chi connectivity index (χ3v) is 4.77. The second kappa shape index (κ2) is 4.91. The second-order valence-corrected chi connectivity index (χ2v) is 6.25. The first-order valence-corrected chi connectivity index (χ1v) is 7.46. The molecule has 2 atom stereocenters. The molecule has 2 heterocycles. The van der Waals surface area contributed by atoms with Crippen molar-refractivity contribution in [1.29, 1.82) is 0 Å². The Morgan fingerprint density at radius 2 is 2.20 bits per heavy atom. The Morgan fingerprint density at radius 1 is 1.40 bits per heavy atom. The number of hydrogen-bond acceptors (Lipinski definition) is 3. The molecule has 0 radical (unpaired) electrons. The predicted octanol–water partition coefficient (Wildman–Crippen LogP) is 2.99. The number of thiol groups is 1. The lowest BCUT2D eigenvalue weighted by molar-refractivity contribution is -0.137. The van der Waals surface area contributed by atoms with Crippen LogP contribution in [-0.2, 0) is 11.6 Å². The zero-order chi connectivity index (χ0) is 14.4. The van der Waals surface area contributed by atoms with Gasteiger partial charge in [0.25, 0.3) is 0 Å². The van der Waals surface area contributed by atoms with Gasteiger partial charge in [-0.2, -0.15) is 25.8 Å². The van der Waals surface area contributed by atoms with Crippen LogP contribution in [0.3, 0.4) is 0 Å². The number of nitrogens with zero attached hydrogens (tertiary/aromatic N) is 2. The van der Waals surface area contributed by atoms with E-state index in [2.05, 4.69) is 22.5 Å². The summed E-state index contributed by atoms with van der Waals surface area (Å²) < 4.78 is 37.6. The summed E-state index contributed by atoms with van der Waals surface area (Å²) in [7, 11) is 0. The molecule has 0 bridgehead atoms. The molecule has 2 aliphatic rings. The van der Waals surface area contributed by atoms with Gasteiger partial charge >= 0.3 is 6.18 Å². The third-order valence-electron chi connectivity index (χ3n) is 4.45. The van der Waals surface area contributed by atoms with Gasteiger partial charge < -0.3 is 4.90 Å². The number of hydrogen-bond donors (Lipinski definition) is 1. The van der Waals surface area contributed by atoms with E-state index in [9.17, 15) is 13.2 Å². The van der Waals surface area contributed by atoms with Crippen molar-refractivity contribution in [2.24, 2.45) is 5.92 Å². The molecule has 0 aromatic carbocycles. The Kier molecular flexibility index (Phi) is 3.49. The summed E-state index contributed by atoms with van der Waals surface area (Å²) in [6, 6.07) is 2.72. The summed E-state index contributed by atoms with van der Waals surface area (Å²) in [6.45, 7) is 2.97. The number of alkyl halides is 3. The number of fused-ring (bicyclic) bond motifs is 1. The lowest BCUT2D eigenvalue weighted by atomic mass is 10.00. The molecule has 1 saturated heterocycles. The summed E-state index contributed by atoms with van der Waals surface area (Å²) in [4.78, 5) is 6.47. The minimum Gasteiger partial charge on any atom is -0.302 e. The summed E-state index contributed by atoms with van der Waals surface area (Å²) in [5.41, 5.74) is 0.171. The molecule has 110 valence electrons. The minimum absolute atomic E-state index is 0.0146. The van der Waals surface area contributed by atoms with E-state index >= 15 is 0 Å². The molecule has 1 aliphatic heterocycles. The SMILES string of the molecule is FC(F)(F)c1ccc([C@@]23C[C@@H]2CN(CCCS)C3)nc1. The summed E-state index contributed by atoms with van der Waals surface area (Å²) in [5.74, 6) is 1.43. The molecule has 6 heteroatoms. The van der Waals surface area contributed by atoms with E-state index in [0.717, 1.165) is 56.2 Å². The van der Waals surface area contributed by atoms with Crippen LogP contribution in [0.25, 0.3) is 0 Å². The van der Waals surface area contributed by atoms with Crippen LogP contribution in [-0.4, -0.2) is 35.3 Å². The number of likely N-dealkylation sites (tertiary alicyclic amines) is 1. The first-order chi connectivity index (χ1) is 9.45. The highest BCUT2D eigenvalue weighted by atomic mass is 32.1. The fourth-order valence-corrected chi connectivity index (χ4v) is 3.45. The van der Waals surface area contributed by atoms with Gasteiger partial charge in [-0.05, 0) is 43.2 Å². The van der Waals surface area contributed by atoms with Gasteiger partial charge in [0.15, 0.2) is 0 Å². The molecule has 2 fully saturated rings. The standard InChI is InChI=1S/C14H17F3N2S/c15-14(16,17)10-2-3-12(18-7-10)13-6-11(13)8-19(9-13)4-1-5-20/h2-3,7,11,20H,1,4-6,8-9H2/t11-,13-/m1/s1. The van der Waals surface area contributed by atoms with Gasteiger partial charge in [0.1, 0.15) is 0 Å². The van der Waals surface area contributed by atoms with Crippen molar-refractivity contribution in [2.75, 3.05) is 25.4 Å². The average Bonchev–Trinajstić information content (AvgIpc) is 2.99. The Morgan fingerprint density at radius 3 is 2.80 bits per heavy atom. The maximum absolute atomic E-state index is 12.5. The Hall–Kier alpha value is -0.750. The van der Waals surface area contributed by atoms with Crippen LogP contribution in [0.2, 0.25) is 0 Å². The summed E-state index contributed by atoms with van der Waals surface area (Å²) in [6.07, 6.45) is -1.23. The van der Waals surface area contributed by atoms with Crippen LogP contribution in [0.15, 0.2) is 18.3 Å². The van der Waals surface area contributed by atoms with Gasteiger partial charge in [-0.1, -0.05) is 0 Å². The van der Waals surface area contributed by atoms with E-state index in [4.69, 9.17) is 0 Å². The smallest absolute Gasteiger partial charge is 0.302 e. The van der Waals surface area contributed by atoms with E-state index in [1.165, 1.54) is 0 Å². The van der Waals surface area contributed by atoms with Gasteiger partial charge in [0.05, 0.1) is 5.56 Å². The van der Waals surface area contributed by atoms with Crippen LogP contribution in [0, 0.1) is 5.92 Å². The first kappa shape index (κ1) is 14.2. The fourth-order valence-electron chi connectivity index (χ4n) is 3.30. The molecule has 0 spiro atoms. The largest absolute Gasteiger partial charge is 0.417 e.